The zero-order chi connectivity index (χ0) is 30.1. The molecule has 0 aliphatic rings. The Morgan fingerprint density at radius 3 is 2.02 bits per heavy atom. The van der Waals surface area contributed by atoms with Crippen LogP contribution in [0.4, 0.5) is 0 Å². The Kier molecular flexibility index (Phi) is 11.8. The van der Waals surface area contributed by atoms with Crippen molar-refractivity contribution in [1.29, 1.82) is 0 Å². The number of hydrogen-bond acceptors (Lipinski definition) is 5. The third kappa shape index (κ3) is 7.31. The Labute approximate surface area is 255 Å². The molecule has 41 heavy (non-hydrogen) atoms. The van der Waals surface area contributed by atoms with Gasteiger partial charge in [0.05, 0.1) is 18.2 Å². The van der Waals surface area contributed by atoms with Gasteiger partial charge in [-0.1, -0.05) is 114 Å². The molecule has 2 N–H and O–H groups in total. The highest BCUT2D eigenvalue weighted by atomic mass is 79.9. The lowest BCUT2D eigenvalue weighted by atomic mass is 9.77. The van der Waals surface area contributed by atoms with Gasteiger partial charge < -0.3 is 19.4 Å². The SMILES string of the molecule is C=CC(C)(CCCCC(C)(C)[Si](O)(c1ccccc1)c1ccccc1)C(O)c1ncc(Br)c(OCCCC)c1OC. The van der Waals surface area contributed by atoms with Crippen molar-refractivity contribution in [3.63, 3.8) is 0 Å². The van der Waals surface area contributed by atoms with E-state index < -0.39 is 19.8 Å². The van der Waals surface area contributed by atoms with Crippen molar-refractivity contribution in [3.8, 4) is 11.5 Å². The van der Waals surface area contributed by atoms with E-state index in [0.717, 1.165) is 42.5 Å². The summed E-state index contributed by atoms with van der Waals surface area (Å²) in [5.41, 5.74) is -0.189. The van der Waals surface area contributed by atoms with E-state index in [2.05, 4.69) is 72.5 Å². The van der Waals surface area contributed by atoms with Crippen molar-refractivity contribution in [2.75, 3.05) is 13.7 Å². The molecule has 5 nitrogen and oxygen atoms in total. The van der Waals surface area contributed by atoms with Gasteiger partial charge in [0.2, 0.25) is 0 Å². The average Bonchev–Trinajstić information content (AvgIpc) is 2.99. The first kappa shape index (κ1) is 33.1. The van der Waals surface area contributed by atoms with Crippen LogP contribution in [0.25, 0.3) is 0 Å². The van der Waals surface area contributed by atoms with Gasteiger partial charge in [-0.3, -0.25) is 4.98 Å². The summed E-state index contributed by atoms with van der Waals surface area (Å²) in [4.78, 5) is 17.0. The molecule has 0 aliphatic heterocycles. The maximum Gasteiger partial charge on any atom is 0.258 e. The molecule has 2 aromatic carbocycles. The van der Waals surface area contributed by atoms with E-state index in [-0.39, 0.29) is 5.04 Å². The molecule has 1 heterocycles. The van der Waals surface area contributed by atoms with Crippen LogP contribution in [-0.2, 0) is 0 Å². The molecule has 0 spiro atoms. The predicted octanol–water partition coefficient (Wildman–Crippen LogP) is 7.35. The van der Waals surface area contributed by atoms with Crippen LogP contribution < -0.4 is 19.8 Å². The molecule has 1 aromatic heterocycles. The first-order valence-electron chi connectivity index (χ1n) is 14.6. The molecule has 7 heteroatoms. The van der Waals surface area contributed by atoms with Gasteiger partial charge in [0.1, 0.15) is 11.8 Å². The molecule has 0 bridgehead atoms. The second kappa shape index (κ2) is 14.6. The maximum atomic E-state index is 12.5. The number of rotatable bonds is 16. The van der Waals surface area contributed by atoms with Crippen molar-refractivity contribution in [1.82, 2.24) is 4.98 Å². The molecular formula is C34H46BrNO4Si. The number of hydrogen-bond donors (Lipinski definition) is 2. The molecule has 2 atom stereocenters. The molecule has 0 amide bonds. The Hall–Kier alpha value is -2.45. The van der Waals surface area contributed by atoms with Gasteiger partial charge in [0.25, 0.3) is 8.32 Å². The van der Waals surface area contributed by atoms with Crippen LogP contribution in [0.15, 0.2) is 84.0 Å². The molecule has 3 rings (SSSR count). The van der Waals surface area contributed by atoms with Gasteiger partial charge in [0, 0.05) is 11.6 Å². The molecule has 0 fully saturated rings. The van der Waals surface area contributed by atoms with Crippen LogP contribution in [0.1, 0.15) is 78.0 Å². The van der Waals surface area contributed by atoms with Crippen LogP contribution >= 0.6 is 15.9 Å². The lowest BCUT2D eigenvalue weighted by Gasteiger charge is -2.41. The fraction of sp³-hybridized carbons (Fsp3) is 0.441. The summed E-state index contributed by atoms with van der Waals surface area (Å²) in [6.45, 7) is 13.1. The zero-order valence-electron chi connectivity index (χ0n) is 25.2. The minimum Gasteiger partial charge on any atom is -0.491 e. The summed E-state index contributed by atoms with van der Waals surface area (Å²) in [5.74, 6) is 1.00. The lowest BCUT2D eigenvalue weighted by Crippen LogP contribution is -2.65. The Bertz CT molecular complexity index is 1210. The van der Waals surface area contributed by atoms with Crippen LogP contribution in [0, 0.1) is 5.41 Å². The normalized spacial score (nSPS) is 14.2. The van der Waals surface area contributed by atoms with Crippen LogP contribution in [0.3, 0.4) is 0 Å². The highest BCUT2D eigenvalue weighted by molar-refractivity contribution is 9.10. The summed E-state index contributed by atoms with van der Waals surface area (Å²) in [5, 5.41) is 13.3. The summed E-state index contributed by atoms with van der Waals surface area (Å²) in [7, 11) is -1.49. The smallest absolute Gasteiger partial charge is 0.258 e. The van der Waals surface area contributed by atoms with Crippen molar-refractivity contribution in [2.45, 2.75) is 77.4 Å². The van der Waals surface area contributed by atoms with E-state index in [1.165, 1.54) is 0 Å². The van der Waals surface area contributed by atoms with Crippen LogP contribution in [0.5, 0.6) is 11.5 Å². The summed E-state index contributed by atoms with van der Waals surface area (Å²) >= 11 is 3.52. The van der Waals surface area contributed by atoms with E-state index in [1.54, 1.807) is 13.3 Å². The summed E-state index contributed by atoms with van der Waals surface area (Å²) in [6, 6.07) is 20.3. The monoisotopic (exact) mass is 639 g/mol. The molecule has 222 valence electrons. The van der Waals surface area contributed by atoms with Crippen molar-refractivity contribution < 1.29 is 19.4 Å². The molecule has 3 aromatic rings. The molecular weight excluding hydrogens is 594 g/mol. The third-order valence-electron chi connectivity index (χ3n) is 8.40. The first-order chi connectivity index (χ1) is 19.6. The number of methoxy groups -OCH3 is 1. The van der Waals surface area contributed by atoms with Gasteiger partial charge >= 0.3 is 0 Å². The maximum absolute atomic E-state index is 12.5. The van der Waals surface area contributed by atoms with Gasteiger partial charge in [0.15, 0.2) is 11.5 Å². The number of ether oxygens (including phenoxy) is 2. The van der Waals surface area contributed by atoms with E-state index >= 15 is 0 Å². The largest absolute Gasteiger partial charge is 0.491 e. The zero-order valence-corrected chi connectivity index (χ0v) is 27.8. The van der Waals surface area contributed by atoms with Gasteiger partial charge in [-0.25, -0.2) is 0 Å². The topological polar surface area (TPSA) is 71.8 Å². The van der Waals surface area contributed by atoms with E-state index in [9.17, 15) is 9.90 Å². The predicted molar refractivity (Wildman–Crippen MR) is 175 cm³/mol. The van der Waals surface area contributed by atoms with E-state index in [1.807, 2.05) is 49.4 Å². The minimum atomic E-state index is -3.06. The Morgan fingerprint density at radius 1 is 0.951 bits per heavy atom. The molecule has 2 unspecified atom stereocenters. The van der Waals surface area contributed by atoms with Crippen LogP contribution in [0.2, 0.25) is 5.04 Å². The van der Waals surface area contributed by atoms with Gasteiger partial charge in [-0.15, -0.1) is 6.58 Å². The summed E-state index contributed by atoms with van der Waals surface area (Å²) in [6.07, 6.45) is 7.80. The first-order valence-corrected chi connectivity index (χ1v) is 17.3. The second-order valence-corrected chi connectivity index (χ2v) is 16.5. The minimum absolute atomic E-state index is 0.319. The fourth-order valence-electron chi connectivity index (χ4n) is 5.54. The standard InChI is InChI=1S/C34H46BrNO4Si/c1-7-9-24-40-30-28(35)25-36-29(31(30)39-6)32(37)34(5,8-2)23-17-16-22-33(3,4)41(38,26-18-12-10-13-19-26)27-20-14-11-15-21-27/h8,10-15,18-21,25,32,37-38H,2,7,9,16-17,22-24H2,1,3-6H3. The average molecular weight is 641 g/mol. The number of aliphatic hydroxyl groups is 1. The van der Waals surface area contributed by atoms with Crippen molar-refractivity contribution >= 4 is 34.6 Å². The summed E-state index contributed by atoms with van der Waals surface area (Å²) < 4.78 is 12.4. The number of unbranched alkanes of at least 4 members (excludes halogenated alkanes) is 2. The number of nitrogens with zero attached hydrogens (tertiary/aromatic N) is 1. The van der Waals surface area contributed by atoms with Gasteiger partial charge in [-0.05, 0) is 50.6 Å². The van der Waals surface area contributed by atoms with Crippen LogP contribution in [-0.4, -0.2) is 36.9 Å². The second-order valence-electron chi connectivity index (χ2n) is 11.7. The molecule has 0 radical (unpaired) electrons. The van der Waals surface area contributed by atoms with Crippen molar-refractivity contribution in [2.24, 2.45) is 5.41 Å². The lowest BCUT2D eigenvalue weighted by molar-refractivity contribution is 0.0553. The number of benzene rings is 2. The highest BCUT2D eigenvalue weighted by Gasteiger charge is 2.49. The van der Waals surface area contributed by atoms with Crippen molar-refractivity contribution in [3.05, 3.63) is 89.7 Å². The number of halogens is 1. The van der Waals surface area contributed by atoms with Gasteiger partial charge in [-0.2, -0.15) is 0 Å². The fourth-order valence-corrected chi connectivity index (χ4v) is 9.72. The molecule has 0 saturated carbocycles. The quantitative estimate of drug-likeness (QED) is 0.0974. The molecule has 0 saturated heterocycles. The number of pyridine rings is 1. The van der Waals surface area contributed by atoms with E-state index in [4.69, 9.17) is 9.47 Å². The number of aromatic nitrogens is 1. The third-order valence-corrected chi connectivity index (χ3v) is 13.5. The Morgan fingerprint density at radius 2 is 1.51 bits per heavy atom. The molecule has 0 aliphatic carbocycles. The highest BCUT2D eigenvalue weighted by Crippen LogP contribution is 2.47. The Balaban J connectivity index is 1.78. The van der Waals surface area contributed by atoms with E-state index in [0.29, 0.717) is 34.7 Å². The number of aliphatic hydroxyl groups excluding tert-OH is 1.